The van der Waals surface area contributed by atoms with E-state index in [1.807, 2.05) is 68.4 Å². The molecule has 1 aliphatic heterocycles. The van der Waals surface area contributed by atoms with Crippen LogP contribution in [0.25, 0.3) is 0 Å². The van der Waals surface area contributed by atoms with Crippen molar-refractivity contribution in [3.8, 4) is 0 Å². The molecule has 1 fully saturated rings. The fourth-order valence-corrected chi connectivity index (χ4v) is 5.91. The second-order valence-electron chi connectivity index (χ2n) is 8.62. The number of nitrogens with one attached hydrogen (secondary N) is 1. The van der Waals surface area contributed by atoms with Gasteiger partial charge in [-0.15, -0.1) is 0 Å². The van der Waals surface area contributed by atoms with Crippen molar-refractivity contribution in [1.29, 1.82) is 0 Å². The zero-order valence-electron chi connectivity index (χ0n) is 19.1. The van der Waals surface area contributed by atoms with Crippen LogP contribution < -0.4 is 5.32 Å². The van der Waals surface area contributed by atoms with Crippen LogP contribution in [0.3, 0.4) is 0 Å². The number of amides is 1. The van der Waals surface area contributed by atoms with Gasteiger partial charge in [0, 0.05) is 18.7 Å². The van der Waals surface area contributed by atoms with E-state index in [0.29, 0.717) is 18.7 Å². The molecule has 6 heteroatoms. The second-order valence-corrected chi connectivity index (χ2v) is 10.6. The largest absolute Gasteiger partial charge is 0.341 e. The minimum atomic E-state index is -3.62. The fraction of sp³-hybridized carbons (Fsp3) is 0.296. The molecule has 0 aliphatic carbocycles. The van der Waals surface area contributed by atoms with Gasteiger partial charge in [-0.05, 0) is 61.1 Å². The Morgan fingerprint density at radius 3 is 2.21 bits per heavy atom. The summed E-state index contributed by atoms with van der Waals surface area (Å²) in [7, 11) is -3.62. The molecule has 0 saturated carbocycles. The molecule has 4 rings (SSSR count). The Bertz CT molecular complexity index is 1230. The zero-order chi connectivity index (χ0) is 23.4. The highest BCUT2D eigenvalue weighted by Crippen LogP contribution is 2.27. The standard InChI is InChI=1S/C27H30N2O3S/c1-20-11-7-8-14-24(20)26(22-12-5-3-6-13-22)28-27(30)25-19-23(16-15-21(25)2)33(31,32)29-17-9-4-10-18-29/h3,5-8,11-16,19,26H,4,9-10,17-18H2,1-2H3,(H,28,30)/t26-/m1/s1. The first kappa shape index (κ1) is 23.2. The van der Waals surface area contributed by atoms with Gasteiger partial charge >= 0.3 is 0 Å². The summed E-state index contributed by atoms with van der Waals surface area (Å²) < 4.78 is 27.9. The van der Waals surface area contributed by atoms with Gasteiger partial charge in [-0.25, -0.2) is 8.42 Å². The lowest BCUT2D eigenvalue weighted by Gasteiger charge is -2.26. The van der Waals surface area contributed by atoms with Crippen LogP contribution in [-0.2, 0) is 10.0 Å². The average molecular weight is 463 g/mol. The maximum Gasteiger partial charge on any atom is 0.252 e. The number of rotatable bonds is 6. The molecule has 1 amide bonds. The quantitative estimate of drug-likeness (QED) is 0.561. The molecule has 1 N–H and O–H groups in total. The van der Waals surface area contributed by atoms with Crippen LogP contribution in [0.5, 0.6) is 0 Å². The van der Waals surface area contributed by atoms with Crippen molar-refractivity contribution in [2.24, 2.45) is 0 Å². The summed E-state index contributed by atoms with van der Waals surface area (Å²) in [6.45, 7) is 4.91. The summed E-state index contributed by atoms with van der Waals surface area (Å²) in [5.74, 6) is -0.291. The Labute approximate surface area is 196 Å². The van der Waals surface area contributed by atoms with E-state index in [-0.39, 0.29) is 16.8 Å². The van der Waals surface area contributed by atoms with E-state index in [4.69, 9.17) is 0 Å². The molecule has 0 unspecified atom stereocenters. The molecular weight excluding hydrogens is 432 g/mol. The van der Waals surface area contributed by atoms with Crippen molar-refractivity contribution in [3.63, 3.8) is 0 Å². The molecular formula is C27H30N2O3S. The van der Waals surface area contributed by atoms with E-state index in [9.17, 15) is 13.2 Å². The molecule has 0 radical (unpaired) electrons. The van der Waals surface area contributed by atoms with Gasteiger partial charge in [0.05, 0.1) is 10.9 Å². The lowest BCUT2D eigenvalue weighted by atomic mass is 9.94. The molecule has 1 atom stereocenters. The van der Waals surface area contributed by atoms with Crippen molar-refractivity contribution in [3.05, 3.63) is 101 Å². The van der Waals surface area contributed by atoms with Crippen molar-refractivity contribution in [1.82, 2.24) is 9.62 Å². The average Bonchev–Trinajstić information content (AvgIpc) is 2.84. The van der Waals surface area contributed by atoms with Gasteiger partial charge in [-0.3, -0.25) is 4.79 Å². The summed E-state index contributed by atoms with van der Waals surface area (Å²) >= 11 is 0. The summed E-state index contributed by atoms with van der Waals surface area (Å²) in [4.78, 5) is 13.6. The monoisotopic (exact) mass is 462 g/mol. The van der Waals surface area contributed by atoms with E-state index in [1.165, 1.54) is 10.4 Å². The Morgan fingerprint density at radius 2 is 1.52 bits per heavy atom. The third kappa shape index (κ3) is 5.02. The highest BCUT2D eigenvalue weighted by atomic mass is 32.2. The van der Waals surface area contributed by atoms with Crippen LogP contribution in [0.2, 0.25) is 0 Å². The maximum absolute atomic E-state index is 13.5. The van der Waals surface area contributed by atoms with E-state index in [2.05, 4.69) is 5.32 Å². The Kier molecular flexibility index (Phi) is 6.96. The fourth-order valence-electron chi connectivity index (χ4n) is 4.37. The van der Waals surface area contributed by atoms with Gasteiger partial charge in [-0.2, -0.15) is 4.31 Å². The van der Waals surface area contributed by atoms with Crippen molar-refractivity contribution < 1.29 is 13.2 Å². The Balaban J connectivity index is 1.68. The first-order valence-corrected chi connectivity index (χ1v) is 12.8. The summed E-state index contributed by atoms with van der Waals surface area (Å²) in [5, 5.41) is 3.16. The summed E-state index contributed by atoms with van der Waals surface area (Å²) in [5.41, 5.74) is 4.16. The van der Waals surface area contributed by atoms with E-state index in [1.54, 1.807) is 12.1 Å². The minimum Gasteiger partial charge on any atom is -0.341 e. The predicted octanol–water partition coefficient (Wildman–Crippen LogP) is 5.00. The molecule has 0 aromatic heterocycles. The van der Waals surface area contributed by atoms with Crippen LogP contribution in [0.1, 0.15) is 57.9 Å². The topological polar surface area (TPSA) is 66.5 Å². The highest BCUT2D eigenvalue weighted by molar-refractivity contribution is 7.89. The van der Waals surface area contributed by atoms with Gasteiger partial charge in [0.25, 0.3) is 5.91 Å². The maximum atomic E-state index is 13.5. The van der Waals surface area contributed by atoms with Crippen LogP contribution in [0, 0.1) is 13.8 Å². The van der Waals surface area contributed by atoms with E-state index in [0.717, 1.165) is 41.5 Å². The Hall–Kier alpha value is -2.96. The highest BCUT2D eigenvalue weighted by Gasteiger charge is 2.28. The molecule has 3 aromatic carbocycles. The smallest absolute Gasteiger partial charge is 0.252 e. The first-order valence-electron chi connectivity index (χ1n) is 11.4. The van der Waals surface area contributed by atoms with Gasteiger partial charge in [0.15, 0.2) is 0 Å². The minimum absolute atomic E-state index is 0.173. The number of benzene rings is 3. The lowest BCUT2D eigenvalue weighted by molar-refractivity contribution is 0.0942. The predicted molar refractivity (Wildman–Crippen MR) is 131 cm³/mol. The van der Waals surface area contributed by atoms with Crippen molar-refractivity contribution >= 4 is 15.9 Å². The number of carbonyl (C=O) groups is 1. The number of nitrogens with zero attached hydrogens (tertiary/aromatic N) is 1. The number of aryl methyl sites for hydroxylation is 2. The van der Waals surface area contributed by atoms with Crippen LogP contribution in [0.4, 0.5) is 0 Å². The van der Waals surface area contributed by atoms with Crippen LogP contribution >= 0.6 is 0 Å². The number of sulfonamides is 1. The van der Waals surface area contributed by atoms with Crippen LogP contribution in [0.15, 0.2) is 77.7 Å². The number of hydrogen-bond acceptors (Lipinski definition) is 3. The third-order valence-electron chi connectivity index (χ3n) is 6.31. The number of piperidine rings is 1. The zero-order valence-corrected chi connectivity index (χ0v) is 19.9. The van der Waals surface area contributed by atoms with E-state index >= 15 is 0 Å². The molecule has 172 valence electrons. The molecule has 1 aliphatic rings. The molecule has 1 heterocycles. The SMILES string of the molecule is Cc1ccc(S(=O)(=O)N2CCCCC2)cc1C(=O)N[C@H](c1ccccc1)c1ccccc1C. The van der Waals surface area contributed by atoms with Gasteiger partial charge in [0.2, 0.25) is 10.0 Å². The van der Waals surface area contributed by atoms with E-state index < -0.39 is 10.0 Å². The molecule has 5 nitrogen and oxygen atoms in total. The second kappa shape index (κ2) is 9.89. The number of carbonyl (C=O) groups excluding carboxylic acids is 1. The normalized spacial score (nSPS) is 15.7. The van der Waals surface area contributed by atoms with Gasteiger partial charge in [-0.1, -0.05) is 67.1 Å². The summed E-state index contributed by atoms with van der Waals surface area (Å²) in [6.07, 6.45) is 2.79. The molecule has 3 aromatic rings. The van der Waals surface area contributed by atoms with Gasteiger partial charge in [0.1, 0.15) is 0 Å². The summed E-state index contributed by atoms with van der Waals surface area (Å²) in [6, 6.07) is 22.3. The third-order valence-corrected chi connectivity index (χ3v) is 8.21. The molecule has 1 saturated heterocycles. The van der Waals surface area contributed by atoms with Gasteiger partial charge < -0.3 is 5.32 Å². The Morgan fingerprint density at radius 1 is 0.848 bits per heavy atom. The lowest BCUT2D eigenvalue weighted by Crippen LogP contribution is -2.36. The number of hydrogen-bond donors (Lipinski definition) is 1. The molecule has 0 spiro atoms. The van der Waals surface area contributed by atoms with Crippen LogP contribution in [-0.4, -0.2) is 31.7 Å². The molecule has 0 bridgehead atoms. The first-order chi connectivity index (χ1) is 15.9. The van der Waals surface area contributed by atoms with Crippen molar-refractivity contribution in [2.45, 2.75) is 44.0 Å². The van der Waals surface area contributed by atoms with Crippen molar-refractivity contribution in [2.75, 3.05) is 13.1 Å². The molecule has 33 heavy (non-hydrogen) atoms.